The SMILES string of the molecule is CCCCCC=CCC=CCCCCCCCC(=O)OC(=O)C(C)C(=O)[C@@H]1CCC(=O)N1. The molecule has 0 saturated carbocycles. The van der Waals surface area contributed by atoms with Crippen molar-refractivity contribution in [3.8, 4) is 0 Å². The van der Waals surface area contributed by atoms with Crippen LogP contribution in [0.4, 0.5) is 0 Å². The number of amides is 1. The lowest BCUT2D eigenvalue weighted by Gasteiger charge is -2.14. The molecule has 32 heavy (non-hydrogen) atoms. The summed E-state index contributed by atoms with van der Waals surface area (Å²) in [7, 11) is 0. The maximum atomic E-state index is 12.2. The summed E-state index contributed by atoms with van der Waals surface area (Å²) in [5.74, 6) is -3.06. The number of unbranched alkanes of at least 4 members (excludes halogenated alkanes) is 8. The van der Waals surface area contributed by atoms with Crippen molar-refractivity contribution in [2.24, 2.45) is 5.92 Å². The van der Waals surface area contributed by atoms with Gasteiger partial charge in [-0.3, -0.25) is 19.2 Å². The van der Waals surface area contributed by atoms with Crippen molar-refractivity contribution in [2.45, 2.75) is 110 Å². The Labute approximate surface area is 193 Å². The highest BCUT2D eigenvalue weighted by molar-refractivity contribution is 6.05. The first-order valence-electron chi connectivity index (χ1n) is 12.3. The van der Waals surface area contributed by atoms with E-state index < -0.39 is 29.7 Å². The number of carbonyl (C=O) groups excluding carboxylic acids is 4. The van der Waals surface area contributed by atoms with E-state index in [1.807, 2.05) is 0 Å². The minimum atomic E-state index is -1.05. The lowest BCUT2D eigenvalue weighted by molar-refractivity contribution is -0.163. The van der Waals surface area contributed by atoms with Crippen LogP contribution in [0.25, 0.3) is 0 Å². The average molecular weight is 448 g/mol. The van der Waals surface area contributed by atoms with E-state index in [0.29, 0.717) is 12.8 Å². The predicted molar refractivity (Wildman–Crippen MR) is 126 cm³/mol. The largest absolute Gasteiger partial charge is 0.393 e. The number of ether oxygens (including phenoxy) is 1. The minimum absolute atomic E-state index is 0.178. The monoisotopic (exact) mass is 447 g/mol. The summed E-state index contributed by atoms with van der Waals surface area (Å²) in [5, 5.41) is 2.54. The van der Waals surface area contributed by atoms with E-state index in [4.69, 9.17) is 4.74 Å². The molecular formula is C26H41NO5. The van der Waals surface area contributed by atoms with E-state index in [1.54, 1.807) is 0 Å². The van der Waals surface area contributed by atoms with E-state index in [2.05, 4.69) is 36.5 Å². The number of allylic oxidation sites excluding steroid dienone is 4. The summed E-state index contributed by atoms with van der Waals surface area (Å²) in [4.78, 5) is 47.3. The van der Waals surface area contributed by atoms with E-state index in [9.17, 15) is 19.2 Å². The van der Waals surface area contributed by atoms with E-state index in [0.717, 1.165) is 38.5 Å². The molecule has 0 aromatic heterocycles. The molecule has 6 nitrogen and oxygen atoms in total. The van der Waals surface area contributed by atoms with Crippen LogP contribution in [-0.4, -0.2) is 29.7 Å². The highest BCUT2D eigenvalue weighted by atomic mass is 16.6. The molecular weight excluding hydrogens is 406 g/mol. The number of nitrogens with one attached hydrogen (secondary N) is 1. The Morgan fingerprint density at radius 1 is 0.969 bits per heavy atom. The van der Waals surface area contributed by atoms with Crippen LogP contribution in [0.15, 0.2) is 24.3 Å². The van der Waals surface area contributed by atoms with Crippen LogP contribution in [0.5, 0.6) is 0 Å². The minimum Gasteiger partial charge on any atom is -0.393 e. The molecule has 0 bridgehead atoms. The molecule has 1 aliphatic rings. The lowest BCUT2D eigenvalue weighted by Crippen LogP contribution is -2.39. The summed E-state index contributed by atoms with van der Waals surface area (Å²) in [6.45, 7) is 3.64. The van der Waals surface area contributed by atoms with Crippen molar-refractivity contribution in [1.82, 2.24) is 5.32 Å². The van der Waals surface area contributed by atoms with Crippen LogP contribution >= 0.6 is 0 Å². The number of rotatable bonds is 17. The van der Waals surface area contributed by atoms with E-state index >= 15 is 0 Å². The number of carbonyl (C=O) groups is 4. The number of hydrogen-bond acceptors (Lipinski definition) is 5. The molecule has 6 heteroatoms. The van der Waals surface area contributed by atoms with Gasteiger partial charge in [-0.1, -0.05) is 63.3 Å². The van der Waals surface area contributed by atoms with Crippen molar-refractivity contribution in [1.29, 1.82) is 0 Å². The molecule has 0 spiro atoms. The second-order valence-corrected chi connectivity index (χ2v) is 8.56. The molecule has 1 aliphatic heterocycles. The standard InChI is InChI=1S/C26H41NO5/c1-3-4-5-6-7-8-9-10-11-12-13-14-15-16-17-18-24(29)32-26(31)21(2)25(30)22-19-20-23(28)27-22/h7-8,10-11,21-22H,3-6,9,12-20H2,1-2H3,(H,27,28)/t21?,22-/m0/s1. The van der Waals surface area contributed by atoms with Crippen LogP contribution in [0.3, 0.4) is 0 Å². The van der Waals surface area contributed by atoms with Crippen LogP contribution < -0.4 is 5.32 Å². The molecule has 0 radical (unpaired) electrons. The number of esters is 2. The molecule has 1 saturated heterocycles. The van der Waals surface area contributed by atoms with Crippen molar-refractivity contribution in [2.75, 3.05) is 0 Å². The van der Waals surface area contributed by atoms with Gasteiger partial charge in [-0.2, -0.15) is 0 Å². The lowest BCUT2D eigenvalue weighted by atomic mass is 9.99. The zero-order valence-electron chi connectivity index (χ0n) is 19.9. The Balaban J connectivity index is 2.01. The molecule has 0 aliphatic carbocycles. The predicted octanol–water partition coefficient (Wildman–Crippen LogP) is 5.35. The maximum Gasteiger partial charge on any atom is 0.323 e. The van der Waals surface area contributed by atoms with Gasteiger partial charge in [0.2, 0.25) is 5.91 Å². The van der Waals surface area contributed by atoms with Gasteiger partial charge in [0, 0.05) is 12.8 Å². The number of hydrogen-bond donors (Lipinski definition) is 1. The summed E-state index contributed by atoms with van der Waals surface area (Å²) in [5.41, 5.74) is 0. The highest BCUT2D eigenvalue weighted by Gasteiger charge is 2.34. The Bertz CT molecular complexity index is 653. The fourth-order valence-corrected chi connectivity index (χ4v) is 3.58. The van der Waals surface area contributed by atoms with Gasteiger partial charge in [-0.25, -0.2) is 0 Å². The van der Waals surface area contributed by atoms with Crippen molar-refractivity contribution >= 4 is 23.6 Å². The Hall–Kier alpha value is -2.24. The van der Waals surface area contributed by atoms with Crippen molar-refractivity contribution < 1.29 is 23.9 Å². The van der Waals surface area contributed by atoms with E-state index in [1.165, 1.54) is 32.6 Å². The molecule has 1 heterocycles. The molecule has 0 aromatic rings. The number of Topliss-reactive ketones (excluding diaryl/α,β-unsaturated/α-hetero) is 1. The first kappa shape index (κ1) is 27.8. The van der Waals surface area contributed by atoms with Crippen LogP contribution in [0, 0.1) is 5.92 Å². The molecule has 1 amide bonds. The van der Waals surface area contributed by atoms with Gasteiger partial charge in [-0.05, 0) is 51.9 Å². The van der Waals surface area contributed by atoms with E-state index in [-0.39, 0.29) is 18.7 Å². The van der Waals surface area contributed by atoms with Gasteiger partial charge in [0.15, 0.2) is 5.78 Å². The van der Waals surface area contributed by atoms with Gasteiger partial charge in [0.25, 0.3) is 0 Å². The molecule has 1 unspecified atom stereocenters. The Kier molecular flexibility index (Phi) is 15.1. The third kappa shape index (κ3) is 12.6. The fourth-order valence-electron chi connectivity index (χ4n) is 3.58. The molecule has 1 fully saturated rings. The normalized spacial score (nSPS) is 17.1. The quantitative estimate of drug-likeness (QED) is 0.140. The molecule has 1 N–H and O–H groups in total. The van der Waals surface area contributed by atoms with Gasteiger partial charge in [0.05, 0.1) is 6.04 Å². The molecule has 2 atom stereocenters. The molecule has 1 rings (SSSR count). The van der Waals surface area contributed by atoms with Crippen LogP contribution in [0.1, 0.15) is 104 Å². The zero-order valence-corrected chi connectivity index (χ0v) is 19.9. The highest BCUT2D eigenvalue weighted by Crippen LogP contribution is 2.14. The third-order valence-corrected chi connectivity index (χ3v) is 5.67. The molecule has 180 valence electrons. The van der Waals surface area contributed by atoms with Crippen molar-refractivity contribution in [3.05, 3.63) is 24.3 Å². The third-order valence-electron chi connectivity index (χ3n) is 5.67. The zero-order chi connectivity index (χ0) is 23.6. The first-order chi connectivity index (χ1) is 15.5. The summed E-state index contributed by atoms with van der Waals surface area (Å²) in [6.07, 6.45) is 21.8. The van der Waals surface area contributed by atoms with Gasteiger partial charge < -0.3 is 10.1 Å². The maximum absolute atomic E-state index is 12.2. The second kappa shape index (κ2) is 17.3. The van der Waals surface area contributed by atoms with Crippen LogP contribution in [0.2, 0.25) is 0 Å². The summed E-state index contributed by atoms with van der Waals surface area (Å²) in [6, 6.07) is -0.651. The first-order valence-corrected chi connectivity index (χ1v) is 12.3. The average Bonchev–Trinajstić information content (AvgIpc) is 3.21. The van der Waals surface area contributed by atoms with Crippen LogP contribution in [-0.2, 0) is 23.9 Å². The number of ketones is 1. The van der Waals surface area contributed by atoms with Gasteiger partial charge >= 0.3 is 11.9 Å². The summed E-state index contributed by atoms with van der Waals surface area (Å²) < 4.78 is 4.81. The van der Waals surface area contributed by atoms with Gasteiger partial charge in [-0.15, -0.1) is 0 Å². The Morgan fingerprint density at radius 2 is 1.59 bits per heavy atom. The Morgan fingerprint density at radius 3 is 2.22 bits per heavy atom. The van der Waals surface area contributed by atoms with Crippen molar-refractivity contribution in [3.63, 3.8) is 0 Å². The topological polar surface area (TPSA) is 89.5 Å². The second-order valence-electron chi connectivity index (χ2n) is 8.56. The fraction of sp³-hybridized carbons (Fsp3) is 0.692. The molecule has 0 aromatic carbocycles. The van der Waals surface area contributed by atoms with Gasteiger partial charge in [0.1, 0.15) is 5.92 Å². The smallest absolute Gasteiger partial charge is 0.323 e. The summed E-state index contributed by atoms with van der Waals surface area (Å²) >= 11 is 0.